The van der Waals surface area contributed by atoms with Crippen molar-refractivity contribution in [3.63, 3.8) is 0 Å². The van der Waals surface area contributed by atoms with Crippen LogP contribution >= 0.6 is 11.7 Å². The summed E-state index contributed by atoms with van der Waals surface area (Å²) in [7, 11) is 2.15. The predicted molar refractivity (Wildman–Crippen MR) is 52.7 cm³/mol. The largest absolute Gasteiger partial charge is 0.315 e. The maximum atomic E-state index is 4.20. The van der Waals surface area contributed by atoms with E-state index in [1.165, 1.54) is 18.1 Å². The molecule has 2 heterocycles. The maximum absolute atomic E-state index is 4.20. The minimum Gasteiger partial charge on any atom is -0.315 e. The molecule has 1 unspecified atom stereocenters. The first-order valence-corrected chi connectivity index (χ1v) is 5.26. The quantitative estimate of drug-likeness (QED) is 0.760. The molecule has 0 aromatic carbocycles. The average molecular weight is 198 g/mol. The molecule has 1 atom stereocenters. The molecule has 0 saturated carbocycles. The molecule has 1 aromatic heterocycles. The summed E-state index contributed by atoms with van der Waals surface area (Å²) in [6, 6.07) is 0.668. The number of nitrogens with one attached hydrogen (secondary N) is 1. The fourth-order valence-corrected chi connectivity index (χ4v) is 2.08. The predicted octanol–water partition coefficient (Wildman–Crippen LogP) is 0.332. The molecule has 1 N–H and O–H groups in total. The van der Waals surface area contributed by atoms with Crippen molar-refractivity contribution >= 4 is 11.7 Å². The van der Waals surface area contributed by atoms with E-state index in [1.807, 2.05) is 6.20 Å². The number of hydrogen-bond acceptors (Lipinski definition) is 5. The Bertz CT molecular complexity index is 243. The molecule has 1 fully saturated rings. The zero-order chi connectivity index (χ0) is 9.10. The minimum absolute atomic E-state index is 0.668. The third kappa shape index (κ3) is 2.24. The Morgan fingerprint density at radius 1 is 1.77 bits per heavy atom. The molecule has 2 rings (SSSR count). The summed E-state index contributed by atoms with van der Waals surface area (Å²) in [5, 5.41) is 3.36. The highest BCUT2D eigenvalue weighted by atomic mass is 32.1. The van der Waals surface area contributed by atoms with Gasteiger partial charge in [-0.05, 0) is 20.0 Å². The lowest BCUT2D eigenvalue weighted by Crippen LogP contribution is -2.32. The molecular formula is C8H14N4S. The molecule has 72 valence electrons. The van der Waals surface area contributed by atoms with Crippen molar-refractivity contribution in [3.8, 4) is 0 Å². The van der Waals surface area contributed by atoms with Gasteiger partial charge in [-0.2, -0.15) is 8.75 Å². The van der Waals surface area contributed by atoms with Gasteiger partial charge < -0.3 is 5.32 Å². The van der Waals surface area contributed by atoms with E-state index in [9.17, 15) is 0 Å². The Kier molecular flexibility index (Phi) is 2.87. The van der Waals surface area contributed by atoms with E-state index in [1.54, 1.807) is 0 Å². The summed E-state index contributed by atoms with van der Waals surface area (Å²) in [5.74, 6) is 0. The van der Waals surface area contributed by atoms with Gasteiger partial charge in [0.25, 0.3) is 0 Å². The Morgan fingerprint density at radius 2 is 2.69 bits per heavy atom. The second-order valence-electron chi connectivity index (χ2n) is 3.46. The zero-order valence-corrected chi connectivity index (χ0v) is 8.55. The Morgan fingerprint density at radius 3 is 3.31 bits per heavy atom. The van der Waals surface area contributed by atoms with Crippen LogP contribution < -0.4 is 5.32 Å². The van der Waals surface area contributed by atoms with Crippen LogP contribution in [0.1, 0.15) is 12.1 Å². The third-order valence-electron chi connectivity index (χ3n) is 2.48. The van der Waals surface area contributed by atoms with Crippen molar-refractivity contribution < 1.29 is 0 Å². The van der Waals surface area contributed by atoms with Gasteiger partial charge in [0.1, 0.15) is 0 Å². The molecular weight excluding hydrogens is 184 g/mol. The maximum Gasteiger partial charge on any atom is 0.0883 e. The van der Waals surface area contributed by atoms with Crippen LogP contribution in [0.2, 0.25) is 0 Å². The average Bonchev–Trinajstić information content (AvgIpc) is 2.74. The number of hydrogen-bond donors (Lipinski definition) is 1. The molecule has 0 bridgehead atoms. The first kappa shape index (κ1) is 9.05. The van der Waals surface area contributed by atoms with Crippen LogP contribution in [0, 0.1) is 0 Å². The number of nitrogens with zero attached hydrogens (tertiary/aromatic N) is 3. The first-order valence-electron chi connectivity index (χ1n) is 4.53. The molecule has 4 nitrogen and oxygen atoms in total. The molecule has 0 aliphatic carbocycles. The fourth-order valence-electron chi connectivity index (χ4n) is 1.65. The van der Waals surface area contributed by atoms with Crippen LogP contribution in [0.15, 0.2) is 6.20 Å². The van der Waals surface area contributed by atoms with Crippen LogP contribution in [0.5, 0.6) is 0 Å². The zero-order valence-electron chi connectivity index (χ0n) is 7.73. The summed E-state index contributed by atoms with van der Waals surface area (Å²) in [6.45, 7) is 3.17. The van der Waals surface area contributed by atoms with Crippen molar-refractivity contribution in [2.45, 2.75) is 19.0 Å². The number of rotatable bonds is 3. The van der Waals surface area contributed by atoms with E-state index in [-0.39, 0.29) is 0 Å². The molecule has 1 saturated heterocycles. The highest BCUT2D eigenvalue weighted by Gasteiger charge is 2.19. The summed E-state index contributed by atoms with van der Waals surface area (Å²) in [6.07, 6.45) is 3.09. The monoisotopic (exact) mass is 198 g/mol. The van der Waals surface area contributed by atoms with Crippen molar-refractivity contribution in [3.05, 3.63) is 11.9 Å². The minimum atomic E-state index is 0.668. The molecule has 13 heavy (non-hydrogen) atoms. The van der Waals surface area contributed by atoms with E-state index in [0.29, 0.717) is 6.04 Å². The molecule has 1 aliphatic heterocycles. The summed E-state index contributed by atoms with van der Waals surface area (Å²) < 4.78 is 8.19. The SMILES string of the molecule is CN(Cc1cnsn1)C1CCNC1. The van der Waals surface area contributed by atoms with E-state index >= 15 is 0 Å². The van der Waals surface area contributed by atoms with E-state index < -0.39 is 0 Å². The Balaban J connectivity index is 1.87. The molecule has 0 spiro atoms. The molecule has 5 heteroatoms. The van der Waals surface area contributed by atoms with Crippen LogP contribution in [0.25, 0.3) is 0 Å². The van der Waals surface area contributed by atoms with Gasteiger partial charge in [0.05, 0.1) is 23.6 Å². The van der Waals surface area contributed by atoms with Gasteiger partial charge >= 0.3 is 0 Å². The van der Waals surface area contributed by atoms with Crippen molar-refractivity contribution in [1.29, 1.82) is 0 Å². The third-order valence-corrected chi connectivity index (χ3v) is 2.99. The second-order valence-corrected chi connectivity index (χ2v) is 4.02. The summed E-state index contributed by atoms with van der Waals surface area (Å²) >= 11 is 1.28. The Labute approximate surface area is 82.3 Å². The second kappa shape index (κ2) is 4.13. The van der Waals surface area contributed by atoms with Gasteiger partial charge in [-0.1, -0.05) is 0 Å². The van der Waals surface area contributed by atoms with Gasteiger partial charge in [0.2, 0.25) is 0 Å². The number of likely N-dealkylation sites (N-methyl/N-ethyl adjacent to an activating group) is 1. The van der Waals surface area contributed by atoms with E-state index in [4.69, 9.17) is 0 Å². The van der Waals surface area contributed by atoms with Crippen LogP contribution in [0.4, 0.5) is 0 Å². The highest BCUT2D eigenvalue weighted by Crippen LogP contribution is 2.09. The van der Waals surface area contributed by atoms with Crippen molar-refractivity contribution in [2.24, 2.45) is 0 Å². The smallest absolute Gasteiger partial charge is 0.0883 e. The highest BCUT2D eigenvalue weighted by molar-refractivity contribution is 6.99. The number of aromatic nitrogens is 2. The molecule has 0 amide bonds. The molecule has 1 aliphatic rings. The van der Waals surface area contributed by atoms with Gasteiger partial charge in [-0.25, -0.2) is 0 Å². The molecule has 1 aromatic rings. The molecule has 0 radical (unpaired) electrons. The van der Waals surface area contributed by atoms with Gasteiger partial charge in [-0.3, -0.25) is 4.90 Å². The fraction of sp³-hybridized carbons (Fsp3) is 0.750. The summed E-state index contributed by atoms with van der Waals surface area (Å²) in [4.78, 5) is 2.34. The van der Waals surface area contributed by atoms with Crippen LogP contribution in [-0.4, -0.2) is 39.8 Å². The Hall–Kier alpha value is -0.520. The van der Waals surface area contributed by atoms with Gasteiger partial charge in [-0.15, -0.1) is 0 Å². The van der Waals surface area contributed by atoms with Gasteiger partial charge in [0.15, 0.2) is 0 Å². The normalized spacial score (nSPS) is 22.8. The topological polar surface area (TPSA) is 41.1 Å². The van der Waals surface area contributed by atoms with E-state index in [2.05, 4.69) is 26.0 Å². The summed E-state index contributed by atoms with van der Waals surface area (Å²) in [5.41, 5.74) is 1.08. The van der Waals surface area contributed by atoms with Crippen LogP contribution in [0.3, 0.4) is 0 Å². The lowest BCUT2D eigenvalue weighted by Gasteiger charge is -2.21. The lowest BCUT2D eigenvalue weighted by atomic mass is 10.2. The van der Waals surface area contributed by atoms with Crippen LogP contribution in [-0.2, 0) is 6.54 Å². The van der Waals surface area contributed by atoms with Gasteiger partial charge in [0, 0.05) is 19.1 Å². The van der Waals surface area contributed by atoms with Crippen molar-refractivity contribution in [1.82, 2.24) is 19.0 Å². The van der Waals surface area contributed by atoms with Crippen molar-refractivity contribution in [2.75, 3.05) is 20.1 Å². The lowest BCUT2D eigenvalue weighted by molar-refractivity contribution is 0.246. The first-order chi connectivity index (χ1) is 6.36. The van der Waals surface area contributed by atoms with E-state index in [0.717, 1.165) is 25.3 Å². The standard InChI is InChI=1S/C8H14N4S/c1-12(8-2-3-9-5-8)6-7-4-10-13-11-7/h4,8-9H,2-3,5-6H2,1H3.